The largest absolute Gasteiger partial charge is 0.264 e. The van der Waals surface area contributed by atoms with Gasteiger partial charge >= 0.3 is 0 Å². The summed E-state index contributed by atoms with van der Waals surface area (Å²) in [5, 5.41) is 8.65. The van der Waals surface area contributed by atoms with Crippen LogP contribution < -0.4 is 0 Å². The zero-order valence-electron chi connectivity index (χ0n) is 30.3. The van der Waals surface area contributed by atoms with Crippen LogP contribution in [0.5, 0.6) is 0 Å². The first-order valence-electron chi connectivity index (χ1n) is 18.9. The monoisotopic (exact) mass is 712 g/mol. The highest BCUT2D eigenvalue weighted by Crippen LogP contribution is 2.43. The fourth-order valence-electron chi connectivity index (χ4n) is 8.23. The van der Waals surface area contributed by atoms with Gasteiger partial charge in [0.2, 0.25) is 0 Å². The molecule has 0 N–H and O–H groups in total. The molecule has 0 spiro atoms. The number of aromatic nitrogens is 4. The van der Waals surface area contributed by atoms with E-state index in [1.54, 1.807) is 6.20 Å². The topological polar surface area (TPSA) is 51.6 Å². The van der Waals surface area contributed by atoms with E-state index < -0.39 is 0 Å². The van der Waals surface area contributed by atoms with Gasteiger partial charge in [-0.05, 0) is 96.5 Å². The summed E-state index contributed by atoms with van der Waals surface area (Å²) in [7, 11) is 0. The van der Waals surface area contributed by atoms with E-state index in [0.29, 0.717) is 5.82 Å². The molecule has 0 radical (unpaired) electrons. The molecule has 0 fully saturated rings. The molecule has 0 saturated carbocycles. The van der Waals surface area contributed by atoms with Crippen LogP contribution >= 0.6 is 0 Å². The average Bonchev–Trinajstić information content (AvgIpc) is 3.28. The zero-order chi connectivity index (χ0) is 37.0. The Morgan fingerprint density at radius 2 is 0.929 bits per heavy atom. The fraction of sp³-hybridized carbons (Fsp3) is 0. The average molecular weight is 713 g/mol. The molecule has 11 rings (SSSR count). The molecule has 8 aromatic carbocycles. The molecule has 0 aliphatic rings. The minimum Gasteiger partial charge on any atom is -0.264 e. The lowest BCUT2D eigenvalue weighted by Crippen LogP contribution is -1.97. The fourth-order valence-corrected chi connectivity index (χ4v) is 8.23. The molecule has 11 aromatic rings. The third-order valence-corrected chi connectivity index (χ3v) is 10.9. The number of rotatable bonds is 6. The molecule has 0 amide bonds. The molecular weight excluding hydrogens is 681 g/mol. The van der Waals surface area contributed by atoms with Crippen molar-refractivity contribution < 1.29 is 0 Å². The Morgan fingerprint density at radius 3 is 1.64 bits per heavy atom. The van der Waals surface area contributed by atoms with E-state index in [2.05, 4.69) is 157 Å². The zero-order valence-corrected chi connectivity index (χ0v) is 30.3. The van der Waals surface area contributed by atoms with E-state index in [-0.39, 0.29) is 0 Å². The summed E-state index contributed by atoms with van der Waals surface area (Å²) in [5.41, 5.74) is 12.5. The number of para-hydroxylation sites is 1. The summed E-state index contributed by atoms with van der Waals surface area (Å²) in [6.07, 6.45) is 5.57. The van der Waals surface area contributed by atoms with Gasteiger partial charge in [0.25, 0.3) is 0 Å². The van der Waals surface area contributed by atoms with Crippen LogP contribution in [-0.4, -0.2) is 19.9 Å². The van der Waals surface area contributed by atoms with Crippen molar-refractivity contribution in [2.24, 2.45) is 0 Å². The second kappa shape index (κ2) is 13.1. The molecule has 0 atom stereocenters. The van der Waals surface area contributed by atoms with E-state index in [1.165, 1.54) is 49.0 Å². The highest BCUT2D eigenvalue weighted by molar-refractivity contribution is 6.27. The number of hydrogen-bond donors (Lipinski definition) is 0. The highest BCUT2D eigenvalue weighted by atomic mass is 14.9. The molecule has 260 valence electrons. The first kappa shape index (κ1) is 31.9. The maximum Gasteiger partial charge on any atom is 0.161 e. The molecule has 3 aromatic heterocycles. The number of benzene rings is 8. The molecule has 0 saturated heterocycles. The quantitative estimate of drug-likeness (QED) is 0.161. The van der Waals surface area contributed by atoms with E-state index in [9.17, 15) is 0 Å². The maximum atomic E-state index is 5.23. The normalized spacial score (nSPS) is 11.6. The van der Waals surface area contributed by atoms with Gasteiger partial charge in [-0.2, -0.15) is 0 Å². The molecule has 4 nitrogen and oxygen atoms in total. The second-order valence-corrected chi connectivity index (χ2v) is 14.3. The number of pyridine rings is 2. The number of nitrogens with zero attached hydrogens (tertiary/aromatic N) is 4. The lowest BCUT2D eigenvalue weighted by Gasteiger charge is -2.17. The van der Waals surface area contributed by atoms with Crippen LogP contribution in [0.2, 0.25) is 0 Å². The Morgan fingerprint density at radius 1 is 0.339 bits per heavy atom. The molecule has 4 heteroatoms. The molecule has 0 unspecified atom stereocenters. The summed E-state index contributed by atoms with van der Waals surface area (Å²) in [6.45, 7) is 0. The van der Waals surface area contributed by atoms with Crippen LogP contribution in [0.25, 0.3) is 111 Å². The SMILES string of the molecule is c1ccc(-c2ccc3ccc4c(-c5cccc(-c6cc(-c7cccc(-c8cccnc8)c7)nc(-c7cnc8ccccc8c7)n6)c5)ccc5ccc2c3c54)cc1. The minimum atomic E-state index is 0.630. The highest BCUT2D eigenvalue weighted by Gasteiger charge is 2.17. The summed E-state index contributed by atoms with van der Waals surface area (Å²) in [5.74, 6) is 0.630. The van der Waals surface area contributed by atoms with Crippen molar-refractivity contribution in [2.75, 3.05) is 0 Å². The van der Waals surface area contributed by atoms with Crippen LogP contribution in [0, 0.1) is 0 Å². The van der Waals surface area contributed by atoms with E-state index in [4.69, 9.17) is 15.0 Å². The van der Waals surface area contributed by atoms with Gasteiger partial charge in [-0.25, -0.2) is 9.97 Å². The Balaban J connectivity index is 1.08. The Kier molecular flexibility index (Phi) is 7.46. The van der Waals surface area contributed by atoms with Crippen molar-refractivity contribution >= 4 is 43.2 Å². The third kappa shape index (κ3) is 5.47. The Hall–Kier alpha value is -7.56. The van der Waals surface area contributed by atoms with Gasteiger partial charge in [0.1, 0.15) is 0 Å². The van der Waals surface area contributed by atoms with Gasteiger partial charge < -0.3 is 0 Å². The lowest BCUT2D eigenvalue weighted by atomic mass is 9.87. The second-order valence-electron chi connectivity index (χ2n) is 14.3. The van der Waals surface area contributed by atoms with Crippen molar-refractivity contribution in [3.8, 4) is 67.3 Å². The standard InChI is InChI=1S/C52H32N4/c1-2-9-33(10-3-1)43-22-18-34-21-25-46-44(23-19-35-20-24-45(43)50(34)51(35)46)37-13-7-15-40(28-37)49-30-48(39-14-6-12-36(27-39)41-16-8-26-53-31-41)55-52(56-49)42-29-38-11-4-5-17-47(38)54-32-42/h1-32H. The van der Waals surface area contributed by atoms with Crippen molar-refractivity contribution in [1.29, 1.82) is 0 Å². The van der Waals surface area contributed by atoms with Crippen molar-refractivity contribution in [3.05, 3.63) is 195 Å². The van der Waals surface area contributed by atoms with Gasteiger partial charge in [0, 0.05) is 46.2 Å². The van der Waals surface area contributed by atoms with Crippen LogP contribution in [0.3, 0.4) is 0 Å². The van der Waals surface area contributed by atoms with Gasteiger partial charge in [0.15, 0.2) is 5.82 Å². The summed E-state index contributed by atoms with van der Waals surface area (Å²) < 4.78 is 0. The predicted molar refractivity (Wildman–Crippen MR) is 231 cm³/mol. The van der Waals surface area contributed by atoms with Crippen molar-refractivity contribution in [3.63, 3.8) is 0 Å². The molecule has 56 heavy (non-hydrogen) atoms. The minimum absolute atomic E-state index is 0.630. The van der Waals surface area contributed by atoms with Crippen molar-refractivity contribution in [1.82, 2.24) is 19.9 Å². The molecule has 0 aliphatic carbocycles. The van der Waals surface area contributed by atoms with Crippen LogP contribution in [-0.2, 0) is 0 Å². The van der Waals surface area contributed by atoms with Crippen molar-refractivity contribution in [2.45, 2.75) is 0 Å². The Labute approximate surface area is 323 Å². The van der Waals surface area contributed by atoms with E-state index in [1.807, 2.05) is 36.7 Å². The first-order valence-corrected chi connectivity index (χ1v) is 18.9. The van der Waals surface area contributed by atoms with Crippen LogP contribution in [0.15, 0.2) is 195 Å². The Bertz CT molecular complexity index is 3250. The molecular formula is C52H32N4. The van der Waals surface area contributed by atoms with Gasteiger partial charge in [0.05, 0.1) is 16.9 Å². The lowest BCUT2D eigenvalue weighted by molar-refractivity contribution is 1.18. The van der Waals surface area contributed by atoms with Crippen LogP contribution in [0.1, 0.15) is 0 Å². The maximum absolute atomic E-state index is 5.23. The molecule has 3 heterocycles. The van der Waals surface area contributed by atoms with Gasteiger partial charge in [-0.15, -0.1) is 0 Å². The number of hydrogen-bond acceptors (Lipinski definition) is 4. The van der Waals surface area contributed by atoms with E-state index in [0.717, 1.165) is 55.7 Å². The smallest absolute Gasteiger partial charge is 0.161 e. The summed E-state index contributed by atoms with van der Waals surface area (Å²) >= 11 is 0. The summed E-state index contributed by atoms with van der Waals surface area (Å²) in [4.78, 5) is 19.5. The van der Waals surface area contributed by atoms with Gasteiger partial charge in [-0.1, -0.05) is 140 Å². The summed E-state index contributed by atoms with van der Waals surface area (Å²) in [6, 6.07) is 62.5. The third-order valence-electron chi connectivity index (χ3n) is 10.9. The number of fused-ring (bicyclic) bond motifs is 1. The van der Waals surface area contributed by atoms with Gasteiger partial charge in [-0.3, -0.25) is 9.97 Å². The molecule has 0 bridgehead atoms. The van der Waals surface area contributed by atoms with E-state index >= 15 is 0 Å². The molecule has 0 aliphatic heterocycles. The predicted octanol–water partition coefficient (Wildman–Crippen LogP) is 13.3. The van der Waals surface area contributed by atoms with Crippen LogP contribution in [0.4, 0.5) is 0 Å². The first-order chi connectivity index (χ1) is 27.7.